The first-order valence-electron chi connectivity index (χ1n) is 8.69. The molecule has 0 spiro atoms. The van der Waals surface area contributed by atoms with Crippen LogP contribution < -0.4 is 0 Å². The highest BCUT2D eigenvalue weighted by Gasteiger charge is 2.17. The first kappa shape index (κ1) is 22.2. The molecule has 0 saturated carbocycles. The largest absolute Gasteiger partial charge is 0.390 e. The maximum Gasteiger partial charge on any atom is 0.0619 e. The molecule has 2 unspecified atom stereocenters. The zero-order valence-electron chi connectivity index (χ0n) is 15.0. The highest BCUT2D eigenvalue weighted by atomic mass is 16.3. The molecule has 0 heterocycles. The van der Waals surface area contributed by atoms with Crippen molar-refractivity contribution in [3.05, 3.63) is 0 Å². The van der Waals surface area contributed by atoms with Gasteiger partial charge in [-0.1, -0.05) is 66.2 Å². The highest BCUT2D eigenvalue weighted by Crippen LogP contribution is 2.19. The van der Waals surface area contributed by atoms with Crippen molar-refractivity contribution in [2.24, 2.45) is 0 Å². The van der Waals surface area contributed by atoms with E-state index < -0.39 is 11.2 Å². The Morgan fingerprint density at radius 3 is 1.50 bits per heavy atom. The molecule has 0 aromatic carbocycles. The van der Waals surface area contributed by atoms with Crippen LogP contribution in [0.15, 0.2) is 0 Å². The minimum atomic E-state index is -0.408. The van der Waals surface area contributed by atoms with Crippen LogP contribution in [-0.2, 0) is 0 Å². The van der Waals surface area contributed by atoms with Crippen molar-refractivity contribution in [1.29, 1.82) is 0 Å². The van der Waals surface area contributed by atoms with E-state index in [-0.39, 0.29) is 0 Å². The number of rotatable bonds is 10. The molecule has 0 rings (SSSR count). The fraction of sp³-hybridized carbons (Fsp3) is 1.00. The Hall–Kier alpha value is -0.0800. The molecule has 0 aromatic rings. The number of aliphatic hydroxyl groups is 2. The lowest BCUT2D eigenvalue weighted by atomic mass is 9.94. The molecular weight excluding hydrogens is 248 g/mol. The first-order chi connectivity index (χ1) is 9.24. The lowest BCUT2D eigenvalue weighted by Gasteiger charge is -2.21. The van der Waals surface area contributed by atoms with Crippen LogP contribution in [-0.4, -0.2) is 21.4 Å². The quantitative estimate of drug-likeness (QED) is 0.524. The molecular formula is C18H40O2. The maximum atomic E-state index is 9.65. The van der Waals surface area contributed by atoms with Gasteiger partial charge in [-0.05, 0) is 39.5 Å². The summed E-state index contributed by atoms with van der Waals surface area (Å²) in [6, 6.07) is 0. The van der Waals surface area contributed by atoms with E-state index in [1.165, 1.54) is 19.3 Å². The second kappa shape index (κ2) is 12.6. The fourth-order valence-corrected chi connectivity index (χ4v) is 2.15. The number of hydrogen-bond donors (Lipinski definition) is 2. The summed E-state index contributed by atoms with van der Waals surface area (Å²) in [4.78, 5) is 0. The van der Waals surface area contributed by atoms with Gasteiger partial charge < -0.3 is 10.2 Å². The average Bonchev–Trinajstić information content (AvgIpc) is 2.37. The van der Waals surface area contributed by atoms with E-state index in [1.807, 2.05) is 20.8 Å². The summed E-state index contributed by atoms with van der Waals surface area (Å²) in [5.41, 5.74) is -0.806. The summed E-state index contributed by atoms with van der Waals surface area (Å²) in [6.07, 6.45) is 10.8. The highest BCUT2D eigenvalue weighted by molar-refractivity contribution is 4.70. The van der Waals surface area contributed by atoms with E-state index in [4.69, 9.17) is 0 Å². The topological polar surface area (TPSA) is 40.5 Å². The molecule has 2 atom stereocenters. The Bertz CT molecular complexity index is 198. The van der Waals surface area contributed by atoms with Crippen LogP contribution in [0.1, 0.15) is 106 Å². The standard InChI is InChI=1S/2C9H20O/c1-4-6-7-8-9(3,10)5-2;1-4-6-8-9(3,10)7-5-2/h2*10H,4-8H2,1-3H3. The van der Waals surface area contributed by atoms with Gasteiger partial charge in [0.25, 0.3) is 0 Å². The normalized spacial score (nSPS) is 16.8. The first-order valence-corrected chi connectivity index (χ1v) is 8.69. The van der Waals surface area contributed by atoms with Crippen LogP contribution in [0, 0.1) is 0 Å². The van der Waals surface area contributed by atoms with Gasteiger partial charge in [0.1, 0.15) is 0 Å². The summed E-state index contributed by atoms with van der Waals surface area (Å²) in [5.74, 6) is 0. The van der Waals surface area contributed by atoms with Crippen molar-refractivity contribution in [1.82, 2.24) is 0 Å². The molecule has 0 bridgehead atoms. The predicted molar refractivity (Wildman–Crippen MR) is 90.1 cm³/mol. The minimum absolute atomic E-state index is 0.398. The Morgan fingerprint density at radius 1 is 0.600 bits per heavy atom. The van der Waals surface area contributed by atoms with Gasteiger partial charge in [-0.25, -0.2) is 0 Å². The predicted octanol–water partition coefficient (Wildman–Crippen LogP) is 5.46. The summed E-state index contributed by atoms with van der Waals surface area (Å²) in [5, 5.41) is 19.2. The molecule has 2 nitrogen and oxygen atoms in total. The van der Waals surface area contributed by atoms with Crippen LogP contribution in [0.25, 0.3) is 0 Å². The molecule has 0 aliphatic carbocycles. The lowest BCUT2D eigenvalue weighted by Crippen LogP contribution is -2.23. The second-order valence-corrected chi connectivity index (χ2v) is 6.66. The third-order valence-corrected chi connectivity index (χ3v) is 3.94. The van der Waals surface area contributed by atoms with Gasteiger partial charge >= 0.3 is 0 Å². The third kappa shape index (κ3) is 16.0. The average molecular weight is 289 g/mol. The summed E-state index contributed by atoms with van der Waals surface area (Å²) >= 11 is 0. The van der Waals surface area contributed by atoms with Crippen molar-refractivity contribution < 1.29 is 10.2 Å². The van der Waals surface area contributed by atoms with Crippen molar-refractivity contribution >= 4 is 0 Å². The maximum absolute atomic E-state index is 9.65. The van der Waals surface area contributed by atoms with Crippen molar-refractivity contribution in [2.45, 2.75) is 117 Å². The molecule has 0 fully saturated rings. The van der Waals surface area contributed by atoms with E-state index in [0.717, 1.165) is 44.9 Å². The Balaban J connectivity index is 0. The Kier molecular flexibility index (Phi) is 14.0. The third-order valence-electron chi connectivity index (χ3n) is 3.94. The molecule has 124 valence electrons. The second-order valence-electron chi connectivity index (χ2n) is 6.66. The van der Waals surface area contributed by atoms with Gasteiger partial charge in [0.2, 0.25) is 0 Å². The van der Waals surface area contributed by atoms with E-state index in [0.29, 0.717) is 0 Å². The van der Waals surface area contributed by atoms with E-state index >= 15 is 0 Å². The van der Waals surface area contributed by atoms with Gasteiger partial charge in [-0.3, -0.25) is 0 Å². The van der Waals surface area contributed by atoms with E-state index in [2.05, 4.69) is 20.8 Å². The molecule has 0 aliphatic rings. The van der Waals surface area contributed by atoms with Crippen LogP contribution in [0.3, 0.4) is 0 Å². The van der Waals surface area contributed by atoms with Gasteiger partial charge in [-0.15, -0.1) is 0 Å². The zero-order valence-corrected chi connectivity index (χ0v) is 15.0. The summed E-state index contributed by atoms with van der Waals surface area (Å²) < 4.78 is 0. The smallest absolute Gasteiger partial charge is 0.0619 e. The van der Waals surface area contributed by atoms with Crippen LogP contribution in [0.5, 0.6) is 0 Å². The van der Waals surface area contributed by atoms with E-state index in [9.17, 15) is 10.2 Å². The van der Waals surface area contributed by atoms with Gasteiger partial charge in [0.15, 0.2) is 0 Å². The number of hydrogen-bond acceptors (Lipinski definition) is 2. The Morgan fingerprint density at radius 2 is 1.10 bits per heavy atom. The zero-order chi connectivity index (χ0) is 16.1. The van der Waals surface area contributed by atoms with Gasteiger partial charge in [0.05, 0.1) is 11.2 Å². The molecule has 0 aliphatic heterocycles. The van der Waals surface area contributed by atoms with Crippen LogP contribution in [0.2, 0.25) is 0 Å². The molecule has 20 heavy (non-hydrogen) atoms. The molecule has 0 aromatic heterocycles. The molecule has 2 N–H and O–H groups in total. The Labute approximate surface area is 128 Å². The van der Waals surface area contributed by atoms with Crippen LogP contribution >= 0.6 is 0 Å². The lowest BCUT2D eigenvalue weighted by molar-refractivity contribution is 0.0390. The van der Waals surface area contributed by atoms with E-state index in [1.54, 1.807) is 0 Å². The summed E-state index contributed by atoms with van der Waals surface area (Å²) in [6.45, 7) is 12.3. The SMILES string of the molecule is CCCCC(C)(O)CCC.CCCCCC(C)(O)CC. The van der Waals surface area contributed by atoms with Crippen LogP contribution in [0.4, 0.5) is 0 Å². The molecule has 0 amide bonds. The monoisotopic (exact) mass is 288 g/mol. The van der Waals surface area contributed by atoms with Crippen molar-refractivity contribution in [2.75, 3.05) is 0 Å². The van der Waals surface area contributed by atoms with Crippen molar-refractivity contribution in [3.8, 4) is 0 Å². The molecule has 0 saturated heterocycles. The minimum Gasteiger partial charge on any atom is -0.390 e. The molecule has 0 radical (unpaired) electrons. The van der Waals surface area contributed by atoms with Gasteiger partial charge in [0, 0.05) is 0 Å². The number of unbranched alkanes of at least 4 members (excludes halogenated alkanes) is 3. The summed E-state index contributed by atoms with van der Waals surface area (Å²) in [7, 11) is 0. The molecule has 2 heteroatoms. The fourth-order valence-electron chi connectivity index (χ4n) is 2.15. The van der Waals surface area contributed by atoms with Gasteiger partial charge in [-0.2, -0.15) is 0 Å². The van der Waals surface area contributed by atoms with Crippen molar-refractivity contribution in [3.63, 3.8) is 0 Å².